The Morgan fingerprint density at radius 2 is 2.33 bits per heavy atom. The zero-order valence-corrected chi connectivity index (χ0v) is 10.6. The molecule has 0 atom stereocenters. The Labute approximate surface area is 111 Å². The highest BCUT2D eigenvalue weighted by Gasteiger charge is 2.23. The molecule has 0 fully saturated rings. The first-order valence-corrected chi connectivity index (χ1v) is 6.24. The number of guanidine groups is 1. The molecule has 1 aromatic carbocycles. The van der Waals surface area contributed by atoms with E-state index < -0.39 is 0 Å². The van der Waals surface area contributed by atoms with E-state index in [1.54, 1.807) is 12.1 Å². The van der Waals surface area contributed by atoms with Crippen molar-refractivity contribution in [1.82, 2.24) is 14.1 Å². The molecule has 2 aromatic rings. The van der Waals surface area contributed by atoms with Gasteiger partial charge in [0.15, 0.2) is 0 Å². The minimum absolute atomic E-state index is 0.381. The molecule has 9 heteroatoms. The molecule has 2 heterocycles. The normalized spacial score (nSPS) is 14.4. The van der Waals surface area contributed by atoms with Crippen LogP contribution in [-0.4, -0.2) is 27.8 Å². The Kier molecular flexibility index (Phi) is 2.80. The van der Waals surface area contributed by atoms with Crippen LogP contribution in [0.2, 0.25) is 5.02 Å². The summed E-state index contributed by atoms with van der Waals surface area (Å²) < 4.78 is 8.25. The van der Waals surface area contributed by atoms with E-state index in [0.29, 0.717) is 40.8 Å². The lowest BCUT2D eigenvalue weighted by Crippen LogP contribution is -2.35. The van der Waals surface area contributed by atoms with Gasteiger partial charge in [-0.2, -0.15) is 13.8 Å². The van der Waals surface area contributed by atoms with Crippen molar-refractivity contribution in [3.8, 4) is 0 Å². The summed E-state index contributed by atoms with van der Waals surface area (Å²) in [6.45, 7) is 1.27. The maximum Gasteiger partial charge on any atom is 0.222 e. The number of rotatable bonds is 2. The number of fused-ring (bicyclic) bond motifs is 1. The topological polar surface area (TPSA) is 82.8 Å². The summed E-state index contributed by atoms with van der Waals surface area (Å²) in [4.78, 5) is 15.2. The number of benzene rings is 1. The van der Waals surface area contributed by atoms with Crippen LogP contribution < -0.4 is 10.3 Å². The number of aliphatic imine (C=N–C) groups is 1. The molecule has 1 N–H and O–H groups in total. The van der Waals surface area contributed by atoms with Crippen molar-refractivity contribution in [2.24, 2.45) is 10.3 Å². The average Bonchev–Trinajstić information content (AvgIpc) is 3.03. The molecule has 92 valence electrons. The average molecular weight is 283 g/mol. The van der Waals surface area contributed by atoms with Gasteiger partial charge in [0.05, 0.1) is 28.6 Å². The zero-order chi connectivity index (χ0) is 12.5. The van der Waals surface area contributed by atoms with Crippen LogP contribution in [0.4, 0.5) is 5.69 Å². The maximum absolute atomic E-state index is 11.1. The lowest BCUT2D eigenvalue weighted by Gasteiger charge is -2.16. The van der Waals surface area contributed by atoms with E-state index in [2.05, 4.69) is 24.3 Å². The number of hydrogen-bond acceptors (Lipinski definition) is 7. The number of nitroso groups, excluding NO2 is 1. The van der Waals surface area contributed by atoms with Gasteiger partial charge in [-0.3, -0.25) is 0 Å². The smallest absolute Gasteiger partial charge is 0.222 e. The van der Waals surface area contributed by atoms with Crippen LogP contribution >= 0.6 is 23.3 Å². The molecule has 0 aliphatic carbocycles. The van der Waals surface area contributed by atoms with Crippen molar-refractivity contribution in [3.05, 3.63) is 22.1 Å². The highest BCUT2D eigenvalue weighted by molar-refractivity contribution is 7.00. The first-order valence-electron chi connectivity index (χ1n) is 5.14. The lowest BCUT2D eigenvalue weighted by atomic mass is 10.2. The van der Waals surface area contributed by atoms with Gasteiger partial charge in [-0.25, -0.2) is 4.99 Å². The van der Waals surface area contributed by atoms with Crippen molar-refractivity contribution in [1.29, 1.82) is 0 Å². The molecule has 3 rings (SSSR count). The van der Waals surface area contributed by atoms with E-state index in [0.717, 1.165) is 16.7 Å². The number of aromatic nitrogens is 2. The van der Waals surface area contributed by atoms with Crippen molar-refractivity contribution in [3.63, 3.8) is 0 Å². The fourth-order valence-corrected chi connectivity index (χ4v) is 2.50. The first kappa shape index (κ1) is 11.3. The molecule has 0 radical (unpaired) electrons. The van der Waals surface area contributed by atoms with Crippen LogP contribution in [0.3, 0.4) is 0 Å². The number of nitrogens with zero attached hydrogens (tertiary/aromatic N) is 5. The molecule has 1 aliphatic heterocycles. The van der Waals surface area contributed by atoms with Crippen molar-refractivity contribution in [2.75, 3.05) is 18.1 Å². The van der Waals surface area contributed by atoms with Gasteiger partial charge in [-0.15, -0.1) is 4.91 Å². The van der Waals surface area contributed by atoms with Crippen LogP contribution in [0.5, 0.6) is 0 Å². The Morgan fingerprint density at radius 1 is 1.44 bits per heavy atom. The second-order valence-corrected chi connectivity index (χ2v) is 4.49. The van der Waals surface area contributed by atoms with Crippen LogP contribution in [0.15, 0.2) is 22.4 Å². The lowest BCUT2D eigenvalue weighted by molar-refractivity contribution is 0.943. The molecule has 0 amide bonds. The second-order valence-electron chi connectivity index (χ2n) is 3.55. The molecule has 0 unspecified atom stereocenters. The molecule has 1 aromatic heterocycles. The number of nitrogens with one attached hydrogen (secondary N) is 1. The van der Waals surface area contributed by atoms with E-state index in [1.165, 1.54) is 0 Å². The van der Waals surface area contributed by atoms with Crippen LogP contribution in [-0.2, 0) is 0 Å². The van der Waals surface area contributed by atoms with E-state index in [-0.39, 0.29) is 0 Å². The summed E-state index contributed by atoms with van der Waals surface area (Å²) in [5, 5.41) is 7.45. The predicted octanol–water partition coefficient (Wildman–Crippen LogP) is 1.79. The third kappa shape index (κ3) is 1.70. The van der Waals surface area contributed by atoms with Gasteiger partial charge in [-0.1, -0.05) is 11.6 Å². The Morgan fingerprint density at radius 3 is 3.06 bits per heavy atom. The molecule has 0 spiro atoms. The summed E-state index contributed by atoms with van der Waals surface area (Å²) in [6.07, 6.45) is 0. The van der Waals surface area contributed by atoms with Gasteiger partial charge in [0.25, 0.3) is 0 Å². The summed E-state index contributed by atoms with van der Waals surface area (Å²) >= 11 is 7.18. The minimum Gasteiger partial charge on any atom is -0.353 e. The van der Waals surface area contributed by atoms with Gasteiger partial charge >= 0.3 is 0 Å². The van der Waals surface area contributed by atoms with E-state index in [4.69, 9.17) is 11.6 Å². The highest BCUT2D eigenvalue weighted by Crippen LogP contribution is 2.33. The standard InChI is InChI=1S/C9H7ClN6OS/c10-5-1-2-6-7(14-18-13-6)8(5)16(15-17)9-11-3-4-12-9/h1-2H,3-4H2,(H,11,12). The fourth-order valence-electron chi connectivity index (χ4n) is 1.73. The Hall–Kier alpha value is -1.80. The highest BCUT2D eigenvalue weighted by atomic mass is 35.5. The monoisotopic (exact) mass is 282 g/mol. The van der Waals surface area contributed by atoms with Gasteiger partial charge in [-0.05, 0) is 12.1 Å². The van der Waals surface area contributed by atoms with Crippen LogP contribution in [0.1, 0.15) is 0 Å². The number of hydrogen-bond donors (Lipinski definition) is 1. The zero-order valence-electron chi connectivity index (χ0n) is 9.00. The Bertz CT molecular complexity index is 641. The minimum atomic E-state index is 0.381. The van der Waals surface area contributed by atoms with Gasteiger partial charge < -0.3 is 5.32 Å². The van der Waals surface area contributed by atoms with E-state index in [9.17, 15) is 4.91 Å². The first-order chi connectivity index (χ1) is 8.81. The summed E-state index contributed by atoms with van der Waals surface area (Å²) in [6, 6.07) is 3.41. The summed E-state index contributed by atoms with van der Waals surface area (Å²) in [5.41, 5.74) is 1.63. The second kappa shape index (κ2) is 4.46. The van der Waals surface area contributed by atoms with Gasteiger partial charge in [0, 0.05) is 6.54 Å². The maximum atomic E-state index is 11.1. The van der Waals surface area contributed by atoms with Crippen molar-refractivity contribution in [2.45, 2.75) is 0 Å². The summed E-state index contributed by atoms with van der Waals surface area (Å²) in [5.74, 6) is 0.382. The largest absolute Gasteiger partial charge is 0.353 e. The van der Waals surface area contributed by atoms with Crippen molar-refractivity contribution < 1.29 is 0 Å². The van der Waals surface area contributed by atoms with Crippen LogP contribution in [0, 0.1) is 4.91 Å². The van der Waals surface area contributed by atoms with Crippen molar-refractivity contribution >= 4 is 46.0 Å². The predicted molar refractivity (Wildman–Crippen MR) is 71.0 cm³/mol. The van der Waals surface area contributed by atoms with Crippen LogP contribution in [0.25, 0.3) is 11.0 Å². The number of anilines is 1. The molecule has 0 saturated heterocycles. The molecular weight excluding hydrogens is 276 g/mol. The quantitative estimate of drug-likeness (QED) is 0.671. The van der Waals surface area contributed by atoms with Gasteiger partial charge in [0.1, 0.15) is 16.7 Å². The molecule has 1 aliphatic rings. The van der Waals surface area contributed by atoms with E-state index >= 15 is 0 Å². The summed E-state index contributed by atoms with van der Waals surface area (Å²) in [7, 11) is 0. The third-order valence-corrected chi connectivity index (χ3v) is 3.35. The molecule has 7 nitrogen and oxygen atoms in total. The van der Waals surface area contributed by atoms with E-state index in [1.807, 2.05) is 0 Å². The fraction of sp³-hybridized carbons (Fsp3) is 0.222. The molecule has 0 bridgehead atoms. The number of halogens is 1. The molecule has 18 heavy (non-hydrogen) atoms. The third-order valence-electron chi connectivity index (χ3n) is 2.50. The van der Waals surface area contributed by atoms with Gasteiger partial charge in [0.2, 0.25) is 5.96 Å². The molecule has 0 saturated carbocycles. The SMILES string of the molecule is O=NN(C1=NCCN1)c1c(Cl)ccc2nsnc12. The molecular formula is C9H7ClN6OS. The Balaban J connectivity index is 2.19.